The van der Waals surface area contributed by atoms with E-state index in [2.05, 4.69) is 5.32 Å². The van der Waals surface area contributed by atoms with Crippen molar-refractivity contribution in [2.45, 2.75) is 13.2 Å². The number of hydrogen-bond acceptors (Lipinski definition) is 3. The highest BCUT2D eigenvalue weighted by Gasteiger charge is 2.09. The Hall–Kier alpha value is -2.09. The van der Waals surface area contributed by atoms with Gasteiger partial charge in [0.25, 0.3) is 0 Å². The highest BCUT2D eigenvalue weighted by molar-refractivity contribution is 6.31. The quantitative estimate of drug-likeness (QED) is 0.917. The third-order valence-electron chi connectivity index (χ3n) is 2.99. The number of halogens is 2. The summed E-state index contributed by atoms with van der Waals surface area (Å²) in [6.07, 6.45) is 0. The van der Waals surface area contributed by atoms with E-state index in [0.717, 1.165) is 5.56 Å². The first-order valence-electron chi connectivity index (χ1n) is 6.39. The Balaban J connectivity index is 2.17. The van der Waals surface area contributed by atoms with Crippen molar-refractivity contribution in [3.63, 3.8) is 0 Å². The molecule has 21 heavy (non-hydrogen) atoms. The standard InChI is InChI=1S/C16H14ClFN2O/c1-20-9-13-14(17)3-2-4-16(13)21-10-12-6-5-11(8-19)7-15(12)18/h2-7,20H,9-10H2,1H3. The monoisotopic (exact) mass is 304 g/mol. The minimum atomic E-state index is -0.453. The summed E-state index contributed by atoms with van der Waals surface area (Å²) in [5, 5.41) is 12.3. The molecule has 2 aromatic carbocycles. The molecule has 1 N–H and O–H groups in total. The van der Waals surface area contributed by atoms with E-state index in [9.17, 15) is 4.39 Å². The summed E-state index contributed by atoms with van der Waals surface area (Å²) in [4.78, 5) is 0. The van der Waals surface area contributed by atoms with E-state index in [-0.39, 0.29) is 12.2 Å². The second kappa shape index (κ2) is 7.07. The van der Waals surface area contributed by atoms with Crippen LogP contribution in [0, 0.1) is 17.1 Å². The number of rotatable bonds is 5. The first-order valence-corrected chi connectivity index (χ1v) is 6.77. The second-order valence-electron chi connectivity index (χ2n) is 4.45. The molecule has 0 aliphatic carbocycles. The Morgan fingerprint density at radius 3 is 2.81 bits per heavy atom. The molecule has 0 spiro atoms. The topological polar surface area (TPSA) is 45.0 Å². The summed E-state index contributed by atoms with van der Waals surface area (Å²) in [6, 6.07) is 11.6. The molecule has 3 nitrogen and oxygen atoms in total. The van der Waals surface area contributed by atoms with Crippen molar-refractivity contribution in [2.24, 2.45) is 0 Å². The van der Waals surface area contributed by atoms with Crippen LogP contribution in [0.4, 0.5) is 4.39 Å². The van der Waals surface area contributed by atoms with Crippen molar-refractivity contribution in [1.82, 2.24) is 5.32 Å². The molecule has 0 heterocycles. The van der Waals surface area contributed by atoms with Crippen LogP contribution < -0.4 is 10.1 Å². The van der Waals surface area contributed by atoms with Crippen LogP contribution in [-0.4, -0.2) is 7.05 Å². The molecule has 0 fully saturated rings. The molecule has 0 bridgehead atoms. The molecular weight excluding hydrogens is 291 g/mol. The van der Waals surface area contributed by atoms with E-state index in [1.807, 2.05) is 13.1 Å². The van der Waals surface area contributed by atoms with Crippen LogP contribution in [0.3, 0.4) is 0 Å². The summed E-state index contributed by atoms with van der Waals surface area (Å²) >= 11 is 6.13. The first-order chi connectivity index (χ1) is 10.2. The fourth-order valence-electron chi connectivity index (χ4n) is 1.91. The molecule has 0 saturated carbocycles. The van der Waals surface area contributed by atoms with Crippen molar-refractivity contribution in [1.29, 1.82) is 5.26 Å². The van der Waals surface area contributed by atoms with Crippen LogP contribution >= 0.6 is 11.6 Å². The lowest BCUT2D eigenvalue weighted by atomic mass is 10.1. The zero-order valence-corrected chi connectivity index (χ0v) is 12.2. The highest BCUT2D eigenvalue weighted by atomic mass is 35.5. The lowest BCUT2D eigenvalue weighted by molar-refractivity contribution is 0.296. The van der Waals surface area contributed by atoms with Crippen LogP contribution in [0.25, 0.3) is 0 Å². The summed E-state index contributed by atoms with van der Waals surface area (Å²) < 4.78 is 19.5. The molecule has 0 aliphatic rings. The molecule has 0 amide bonds. The van der Waals surface area contributed by atoms with Crippen LogP contribution in [0.1, 0.15) is 16.7 Å². The van der Waals surface area contributed by atoms with E-state index in [4.69, 9.17) is 21.6 Å². The molecule has 0 unspecified atom stereocenters. The van der Waals surface area contributed by atoms with Crippen molar-refractivity contribution in [3.8, 4) is 11.8 Å². The van der Waals surface area contributed by atoms with Crippen LogP contribution in [0.15, 0.2) is 36.4 Å². The molecule has 0 aliphatic heterocycles. The van der Waals surface area contributed by atoms with E-state index >= 15 is 0 Å². The Kier molecular flexibility index (Phi) is 5.15. The number of nitriles is 1. The molecule has 2 aromatic rings. The molecule has 0 radical (unpaired) electrons. The predicted molar refractivity (Wildman–Crippen MR) is 79.7 cm³/mol. The van der Waals surface area contributed by atoms with Crippen LogP contribution in [0.2, 0.25) is 5.02 Å². The number of benzene rings is 2. The van der Waals surface area contributed by atoms with Gasteiger partial charge in [-0.3, -0.25) is 0 Å². The highest BCUT2D eigenvalue weighted by Crippen LogP contribution is 2.27. The maximum Gasteiger partial charge on any atom is 0.131 e. The van der Waals surface area contributed by atoms with Gasteiger partial charge in [0.2, 0.25) is 0 Å². The summed E-state index contributed by atoms with van der Waals surface area (Å²) in [5.41, 5.74) is 1.51. The van der Waals surface area contributed by atoms with Gasteiger partial charge in [0.15, 0.2) is 0 Å². The molecule has 108 valence electrons. The van der Waals surface area contributed by atoms with E-state index < -0.39 is 5.82 Å². The molecule has 0 atom stereocenters. The SMILES string of the molecule is CNCc1c(Cl)cccc1OCc1ccc(C#N)cc1F. The van der Waals surface area contributed by atoms with Gasteiger partial charge >= 0.3 is 0 Å². The smallest absolute Gasteiger partial charge is 0.131 e. The molecule has 5 heteroatoms. The number of nitrogens with one attached hydrogen (secondary N) is 1. The molecule has 2 rings (SSSR count). The summed E-state index contributed by atoms with van der Waals surface area (Å²) in [5.74, 6) is 0.159. The van der Waals surface area contributed by atoms with E-state index in [0.29, 0.717) is 22.9 Å². The van der Waals surface area contributed by atoms with Crippen molar-refractivity contribution in [2.75, 3.05) is 7.05 Å². The zero-order chi connectivity index (χ0) is 15.2. The van der Waals surface area contributed by atoms with Gasteiger partial charge in [-0.25, -0.2) is 4.39 Å². The Morgan fingerprint density at radius 1 is 1.33 bits per heavy atom. The third-order valence-corrected chi connectivity index (χ3v) is 3.35. The van der Waals surface area contributed by atoms with Gasteiger partial charge in [-0.15, -0.1) is 0 Å². The van der Waals surface area contributed by atoms with E-state index in [1.54, 1.807) is 30.3 Å². The van der Waals surface area contributed by atoms with Gasteiger partial charge in [0, 0.05) is 22.7 Å². The lowest BCUT2D eigenvalue weighted by Gasteiger charge is -2.13. The van der Waals surface area contributed by atoms with Gasteiger partial charge in [0.05, 0.1) is 11.6 Å². The number of nitrogens with zero attached hydrogens (tertiary/aromatic N) is 1. The normalized spacial score (nSPS) is 10.2. The van der Waals surface area contributed by atoms with Gasteiger partial charge in [0.1, 0.15) is 18.2 Å². The van der Waals surface area contributed by atoms with Crippen LogP contribution in [-0.2, 0) is 13.2 Å². The zero-order valence-electron chi connectivity index (χ0n) is 11.5. The fourth-order valence-corrected chi connectivity index (χ4v) is 2.14. The molecular formula is C16H14ClFN2O. The van der Waals surface area contributed by atoms with Crippen molar-refractivity contribution < 1.29 is 9.13 Å². The maximum atomic E-state index is 13.8. The van der Waals surface area contributed by atoms with Gasteiger partial charge < -0.3 is 10.1 Å². The van der Waals surface area contributed by atoms with Gasteiger partial charge in [-0.05, 0) is 31.3 Å². The second-order valence-corrected chi connectivity index (χ2v) is 4.86. The predicted octanol–water partition coefficient (Wildman–Crippen LogP) is 3.65. The average molecular weight is 305 g/mol. The molecule has 0 aromatic heterocycles. The minimum absolute atomic E-state index is 0.0780. The first kappa shape index (κ1) is 15.3. The molecule has 0 saturated heterocycles. The Labute approximate surface area is 127 Å². The average Bonchev–Trinajstić information content (AvgIpc) is 2.49. The van der Waals surface area contributed by atoms with E-state index in [1.165, 1.54) is 6.07 Å². The summed E-state index contributed by atoms with van der Waals surface area (Å²) in [7, 11) is 1.81. The van der Waals surface area contributed by atoms with Crippen LogP contribution in [0.5, 0.6) is 5.75 Å². The number of ether oxygens (including phenoxy) is 1. The summed E-state index contributed by atoms with van der Waals surface area (Å²) in [6.45, 7) is 0.638. The largest absolute Gasteiger partial charge is 0.488 e. The Bertz CT molecular complexity index is 682. The van der Waals surface area contributed by atoms with Gasteiger partial charge in [-0.1, -0.05) is 23.7 Å². The number of hydrogen-bond donors (Lipinski definition) is 1. The fraction of sp³-hybridized carbons (Fsp3) is 0.188. The maximum absolute atomic E-state index is 13.8. The van der Waals surface area contributed by atoms with Crippen molar-refractivity contribution >= 4 is 11.6 Å². The van der Waals surface area contributed by atoms with Gasteiger partial charge in [-0.2, -0.15) is 5.26 Å². The van der Waals surface area contributed by atoms with Crippen molar-refractivity contribution in [3.05, 3.63) is 63.9 Å². The third kappa shape index (κ3) is 3.72. The lowest BCUT2D eigenvalue weighted by Crippen LogP contribution is -2.08. The Morgan fingerprint density at radius 2 is 2.14 bits per heavy atom. The minimum Gasteiger partial charge on any atom is -0.488 e.